The van der Waals surface area contributed by atoms with Crippen LogP contribution in [0.5, 0.6) is 0 Å². The van der Waals surface area contributed by atoms with Crippen molar-refractivity contribution >= 4 is 32.5 Å². The molecule has 0 aliphatic heterocycles. The Hall–Kier alpha value is -0.930. The standard InChI is InChI=1S/C4H2N4O2S3/c9-13(10,3-7-5-1-11-3)4-8-6-2-12-4/h1-2H. The summed E-state index contributed by atoms with van der Waals surface area (Å²) >= 11 is 1.91. The zero-order chi connectivity index (χ0) is 9.31. The average molecular weight is 234 g/mol. The molecule has 0 aliphatic carbocycles. The van der Waals surface area contributed by atoms with E-state index in [-0.39, 0.29) is 8.68 Å². The fourth-order valence-corrected chi connectivity index (χ4v) is 3.55. The molecule has 0 saturated heterocycles. The summed E-state index contributed by atoms with van der Waals surface area (Å²) in [5, 5.41) is 13.8. The Bertz CT molecular complexity index is 433. The van der Waals surface area contributed by atoms with Crippen molar-refractivity contribution in [1.82, 2.24) is 20.4 Å². The molecule has 0 bridgehead atoms. The summed E-state index contributed by atoms with van der Waals surface area (Å²) in [6.07, 6.45) is 0. The van der Waals surface area contributed by atoms with E-state index in [2.05, 4.69) is 20.4 Å². The maximum atomic E-state index is 11.6. The molecule has 9 heteroatoms. The molecule has 2 heterocycles. The molecule has 13 heavy (non-hydrogen) atoms. The zero-order valence-electron chi connectivity index (χ0n) is 5.98. The van der Waals surface area contributed by atoms with Crippen LogP contribution >= 0.6 is 22.7 Å². The first-order valence-electron chi connectivity index (χ1n) is 2.98. The lowest BCUT2D eigenvalue weighted by Crippen LogP contribution is -2.00. The highest BCUT2D eigenvalue weighted by Gasteiger charge is 2.24. The summed E-state index contributed by atoms with van der Waals surface area (Å²) in [5.74, 6) is 0. The second-order valence-electron chi connectivity index (χ2n) is 1.91. The molecule has 2 aromatic heterocycles. The molecule has 0 amide bonds. The number of sulfone groups is 1. The lowest BCUT2D eigenvalue weighted by Gasteiger charge is -1.90. The van der Waals surface area contributed by atoms with Gasteiger partial charge in [-0.2, -0.15) is 0 Å². The van der Waals surface area contributed by atoms with Crippen molar-refractivity contribution in [1.29, 1.82) is 0 Å². The first-order valence-corrected chi connectivity index (χ1v) is 6.23. The Labute approximate surface area is 81.2 Å². The van der Waals surface area contributed by atoms with E-state index in [1.807, 2.05) is 0 Å². The largest absolute Gasteiger partial charge is 0.264 e. The predicted molar refractivity (Wildman–Crippen MR) is 45.3 cm³/mol. The SMILES string of the molecule is O=S(=O)(c1nncs1)c1nncs1. The fourth-order valence-electron chi connectivity index (χ4n) is 0.635. The second kappa shape index (κ2) is 3.09. The Kier molecular flexibility index (Phi) is 2.06. The van der Waals surface area contributed by atoms with E-state index in [1.54, 1.807) is 0 Å². The molecule has 0 atom stereocenters. The summed E-state index contributed by atoms with van der Waals surface area (Å²) in [7, 11) is -3.56. The van der Waals surface area contributed by atoms with Gasteiger partial charge in [-0.1, -0.05) is 22.7 Å². The highest BCUT2D eigenvalue weighted by atomic mass is 32.3. The van der Waals surface area contributed by atoms with Gasteiger partial charge in [-0.25, -0.2) is 8.42 Å². The van der Waals surface area contributed by atoms with E-state index in [9.17, 15) is 8.42 Å². The van der Waals surface area contributed by atoms with Crippen molar-refractivity contribution in [2.45, 2.75) is 8.68 Å². The third-order valence-electron chi connectivity index (χ3n) is 1.14. The summed E-state index contributed by atoms with van der Waals surface area (Å²) in [4.78, 5) is 0. The Morgan fingerprint density at radius 2 is 1.46 bits per heavy atom. The molecule has 0 aliphatic rings. The number of hydrogen-bond acceptors (Lipinski definition) is 8. The van der Waals surface area contributed by atoms with E-state index in [4.69, 9.17) is 0 Å². The van der Waals surface area contributed by atoms with Crippen LogP contribution in [-0.2, 0) is 9.84 Å². The smallest absolute Gasteiger partial charge is 0.213 e. The van der Waals surface area contributed by atoms with Crippen molar-refractivity contribution in [3.8, 4) is 0 Å². The normalized spacial score (nSPS) is 11.7. The maximum absolute atomic E-state index is 11.6. The van der Waals surface area contributed by atoms with E-state index >= 15 is 0 Å². The van der Waals surface area contributed by atoms with Crippen LogP contribution in [0.15, 0.2) is 19.7 Å². The molecule has 0 N–H and O–H groups in total. The number of aromatic nitrogens is 4. The number of hydrogen-bond donors (Lipinski definition) is 0. The second-order valence-corrected chi connectivity index (χ2v) is 5.88. The molecule has 0 saturated carbocycles. The number of nitrogens with zero attached hydrogens (tertiary/aromatic N) is 4. The van der Waals surface area contributed by atoms with Gasteiger partial charge < -0.3 is 0 Å². The lowest BCUT2D eigenvalue weighted by atomic mass is 11.5. The van der Waals surface area contributed by atoms with Gasteiger partial charge in [0.15, 0.2) is 0 Å². The minimum Gasteiger partial charge on any atom is -0.213 e. The molecular formula is C4H2N4O2S3. The fraction of sp³-hybridized carbons (Fsp3) is 0. The minimum atomic E-state index is -3.56. The van der Waals surface area contributed by atoms with Crippen LogP contribution in [0.25, 0.3) is 0 Å². The molecule has 68 valence electrons. The number of rotatable bonds is 2. The van der Waals surface area contributed by atoms with Gasteiger partial charge in [0, 0.05) is 0 Å². The molecule has 2 rings (SSSR count). The van der Waals surface area contributed by atoms with Gasteiger partial charge in [-0.3, -0.25) is 0 Å². The molecule has 0 unspecified atom stereocenters. The average Bonchev–Trinajstić information content (AvgIpc) is 2.78. The van der Waals surface area contributed by atoms with Gasteiger partial charge in [-0.15, -0.1) is 20.4 Å². The first-order chi connectivity index (χ1) is 6.21. The Morgan fingerprint density at radius 1 is 1.00 bits per heavy atom. The van der Waals surface area contributed by atoms with Crippen molar-refractivity contribution in [2.75, 3.05) is 0 Å². The molecule has 0 aromatic carbocycles. The molecule has 0 spiro atoms. The van der Waals surface area contributed by atoms with Crippen molar-refractivity contribution in [2.24, 2.45) is 0 Å². The van der Waals surface area contributed by atoms with Crippen molar-refractivity contribution in [3.05, 3.63) is 11.0 Å². The van der Waals surface area contributed by atoms with Crippen LogP contribution in [0, 0.1) is 0 Å². The Morgan fingerprint density at radius 3 is 1.77 bits per heavy atom. The quantitative estimate of drug-likeness (QED) is 0.739. The molecule has 0 fully saturated rings. The summed E-state index contributed by atoms with van der Waals surface area (Å²) in [6, 6.07) is 0. The Balaban J connectivity index is 2.56. The van der Waals surface area contributed by atoms with Crippen molar-refractivity contribution in [3.63, 3.8) is 0 Å². The van der Waals surface area contributed by atoms with E-state index in [0.717, 1.165) is 22.7 Å². The van der Waals surface area contributed by atoms with Gasteiger partial charge in [-0.05, 0) is 0 Å². The zero-order valence-corrected chi connectivity index (χ0v) is 8.43. The summed E-state index contributed by atoms with van der Waals surface area (Å²) < 4.78 is 23.0. The molecule has 6 nitrogen and oxygen atoms in total. The van der Waals surface area contributed by atoms with Gasteiger partial charge >= 0.3 is 0 Å². The van der Waals surface area contributed by atoms with E-state index < -0.39 is 9.84 Å². The third-order valence-corrected chi connectivity index (χ3v) is 5.08. The van der Waals surface area contributed by atoms with Crippen LogP contribution in [0.4, 0.5) is 0 Å². The topological polar surface area (TPSA) is 85.7 Å². The van der Waals surface area contributed by atoms with E-state index in [0.29, 0.717) is 0 Å². The highest BCUT2D eigenvalue weighted by Crippen LogP contribution is 2.21. The van der Waals surface area contributed by atoms with Crippen LogP contribution in [0.2, 0.25) is 0 Å². The molecule has 0 radical (unpaired) electrons. The van der Waals surface area contributed by atoms with Gasteiger partial charge in [0.05, 0.1) is 0 Å². The van der Waals surface area contributed by atoms with Crippen LogP contribution in [0.3, 0.4) is 0 Å². The van der Waals surface area contributed by atoms with Gasteiger partial charge in [0.25, 0.3) is 9.84 Å². The monoisotopic (exact) mass is 234 g/mol. The van der Waals surface area contributed by atoms with Gasteiger partial charge in [0.2, 0.25) is 8.68 Å². The third kappa shape index (κ3) is 1.45. The first kappa shape index (κ1) is 8.66. The van der Waals surface area contributed by atoms with Gasteiger partial charge in [0.1, 0.15) is 11.0 Å². The summed E-state index contributed by atoms with van der Waals surface area (Å²) in [6.45, 7) is 0. The highest BCUT2D eigenvalue weighted by molar-refractivity contribution is 7.95. The van der Waals surface area contributed by atoms with Crippen LogP contribution < -0.4 is 0 Å². The predicted octanol–water partition coefficient (Wildman–Crippen LogP) is 0.222. The lowest BCUT2D eigenvalue weighted by molar-refractivity contribution is 0.592. The van der Waals surface area contributed by atoms with E-state index in [1.165, 1.54) is 11.0 Å². The molecular weight excluding hydrogens is 232 g/mol. The van der Waals surface area contributed by atoms with Crippen LogP contribution in [0.1, 0.15) is 0 Å². The van der Waals surface area contributed by atoms with Crippen molar-refractivity contribution < 1.29 is 8.42 Å². The molecule has 2 aromatic rings. The minimum absolute atomic E-state index is 0.0516. The maximum Gasteiger partial charge on any atom is 0.264 e. The van der Waals surface area contributed by atoms with Crippen LogP contribution in [-0.4, -0.2) is 28.8 Å². The summed E-state index contributed by atoms with van der Waals surface area (Å²) in [5.41, 5.74) is 2.71.